The molecular formula is C25H30ClN5O. The van der Waals surface area contributed by atoms with Gasteiger partial charge in [-0.05, 0) is 61.4 Å². The van der Waals surface area contributed by atoms with Gasteiger partial charge in [0.25, 0.3) is 0 Å². The first-order valence-electron chi connectivity index (χ1n) is 11.2. The number of nitrogens with one attached hydrogen (secondary N) is 2. The Morgan fingerprint density at radius 3 is 2.47 bits per heavy atom. The molecule has 1 aliphatic rings. The van der Waals surface area contributed by atoms with Gasteiger partial charge in [0.15, 0.2) is 0 Å². The molecule has 0 aliphatic heterocycles. The van der Waals surface area contributed by atoms with Crippen molar-refractivity contribution in [3.8, 4) is 0 Å². The molecule has 0 radical (unpaired) electrons. The number of carbonyl (C=O) groups is 1. The standard InChI is InChI=1S/C25H30ClN5O/c1-31(2)24-21-5-3-4-6-22(21)29-25(30-24)28-20-13-9-18(10-14-20)16-27-23(32)15-17-7-11-19(26)12-8-17/h3-8,11-12,18,20H,9-10,13-16H2,1-2H3,(H,27,32)(H,28,29,30)/t18-,20+. The van der Waals surface area contributed by atoms with E-state index in [0.29, 0.717) is 29.4 Å². The minimum atomic E-state index is 0.0633. The van der Waals surface area contributed by atoms with Gasteiger partial charge in [-0.3, -0.25) is 4.79 Å². The molecular weight excluding hydrogens is 422 g/mol. The molecule has 1 aliphatic carbocycles. The van der Waals surface area contributed by atoms with Gasteiger partial charge in [-0.2, -0.15) is 4.98 Å². The number of carbonyl (C=O) groups excluding carboxylic acids is 1. The van der Waals surface area contributed by atoms with Gasteiger partial charge in [-0.25, -0.2) is 4.98 Å². The molecule has 168 valence electrons. The number of aromatic nitrogens is 2. The summed E-state index contributed by atoms with van der Waals surface area (Å²) >= 11 is 5.91. The molecule has 0 spiro atoms. The molecule has 1 aromatic heterocycles. The number of rotatable bonds is 7. The summed E-state index contributed by atoms with van der Waals surface area (Å²) in [7, 11) is 4.01. The Labute approximate surface area is 194 Å². The monoisotopic (exact) mass is 451 g/mol. The second kappa shape index (κ2) is 10.2. The van der Waals surface area contributed by atoms with Gasteiger partial charge in [0.05, 0.1) is 11.9 Å². The Bertz CT molecular complexity index is 1060. The van der Waals surface area contributed by atoms with E-state index in [2.05, 4.69) is 16.7 Å². The lowest BCUT2D eigenvalue weighted by atomic mass is 9.86. The number of anilines is 2. The summed E-state index contributed by atoms with van der Waals surface area (Å²) in [6.45, 7) is 0.733. The number of hydrogen-bond donors (Lipinski definition) is 2. The lowest BCUT2D eigenvalue weighted by Gasteiger charge is -2.29. The van der Waals surface area contributed by atoms with Crippen LogP contribution in [0, 0.1) is 5.92 Å². The Morgan fingerprint density at radius 2 is 1.75 bits per heavy atom. The van der Waals surface area contributed by atoms with Crippen LogP contribution in [0.15, 0.2) is 48.5 Å². The molecule has 7 heteroatoms. The molecule has 1 heterocycles. The fourth-order valence-corrected chi connectivity index (χ4v) is 4.39. The summed E-state index contributed by atoms with van der Waals surface area (Å²) < 4.78 is 0. The van der Waals surface area contributed by atoms with Crippen molar-refractivity contribution in [3.63, 3.8) is 0 Å². The molecule has 32 heavy (non-hydrogen) atoms. The Kier molecular flexibility index (Phi) is 7.10. The molecule has 0 bridgehead atoms. The lowest BCUT2D eigenvalue weighted by Crippen LogP contribution is -2.34. The fraction of sp³-hybridized carbons (Fsp3) is 0.400. The fourth-order valence-electron chi connectivity index (χ4n) is 4.27. The van der Waals surface area contributed by atoms with Crippen LogP contribution in [-0.2, 0) is 11.2 Å². The van der Waals surface area contributed by atoms with Gasteiger partial charge in [0.2, 0.25) is 11.9 Å². The van der Waals surface area contributed by atoms with Gasteiger partial charge in [-0.15, -0.1) is 0 Å². The van der Waals surface area contributed by atoms with Crippen LogP contribution in [0.1, 0.15) is 31.2 Å². The molecule has 4 rings (SSSR count). The van der Waals surface area contributed by atoms with E-state index in [1.54, 1.807) is 0 Å². The predicted molar refractivity (Wildman–Crippen MR) is 131 cm³/mol. The second-order valence-electron chi connectivity index (χ2n) is 8.75. The van der Waals surface area contributed by atoms with Crippen molar-refractivity contribution >= 4 is 40.2 Å². The van der Waals surface area contributed by atoms with Crippen LogP contribution in [0.5, 0.6) is 0 Å². The Hall–Kier alpha value is -2.86. The molecule has 2 aromatic carbocycles. The van der Waals surface area contributed by atoms with E-state index in [0.717, 1.165) is 54.5 Å². The summed E-state index contributed by atoms with van der Waals surface area (Å²) in [5.74, 6) is 2.19. The van der Waals surface area contributed by atoms with E-state index in [1.807, 2.05) is 61.5 Å². The smallest absolute Gasteiger partial charge is 0.225 e. The van der Waals surface area contributed by atoms with Gasteiger partial charge in [-0.1, -0.05) is 35.9 Å². The number of benzene rings is 2. The molecule has 1 saturated carbocycles. The molecule has 0 unspecified atom stereocenters. The van der Waals surface area contributed by atoms with E-state index in [4.69, 9.17) is 21.6 Å². The van der Waals surface area contributed by atoms with Crippen molar-refractivity contribution in [2.75, 3.05) is 30.9 Å². The van der Waals surface area contributed by atoms with E-state index < -0.39 is 0 Å². The normalized spacial score (nSPS) is 18.3. The highest BCUT2D eigenvalue weighted by molar-refractivity contribution is 6.30. The Morgan fingerprint density at radius 1 is 1.03 bits per heavy atom. The molecule has 1 fully saturated rings. The highest BCUT2D eigenvalue weighted by Gasteiger charge is 2.22. The maximum absolute atomic E-state index is 12.3. The predicted octanol–water partition coefficient (Wildman–Crippen LogP) is 4.68. The molecule has 1 amide bonds. The zero-order valence-electron chi connectivity index (χ0n) is 18.6. The van der Waals surface area contributed by atoms with Crippen molar-refractivity contribution in [2.24, 2.45) is 5.92 Å². The minimum Gasteiger partial charge on any atom is -0.362 e. The van der Waals surface area contributed by atoms with Crippen LogP contribution in [0.4, 0.5) is 11.8 Å². The summed E-state index contributed by atoms with van der Waals surface area (Å²) in [6.07, 6.45) is 4.64. The molecule has 0 atom stereocenters. The highest BCUT2D eigenvalue weighted by Crippen LogP contribution is 2.28. The number of hydrogen-bond acceptors (Lipinski definition) is 5. The van der Waals surface area contributed by atoms with Crippen LogP contribution in [0.3, 0.4) is 0 Å². The first-order chi connectivity index (χ1) is 15.5. The van der Waals surface area contributed by atoms with Crippen LogP contribution < -0.4 is 15.5 Å². The number of para-hydroxylation sites is 1. The number of nitrogens with zero attached hydrogens (tertiary/aromatic N) is 3. The SMILES string of the molecule is CN(C)c1nc(N[C@H]2CC[C@@H](CNC(=O)Cc3ccc(Cl)cc3)CC2)nc2ccccc12. The first kappa shape index (κ1) is 22.3. The maximum Gasteiger partial charge on any atom is 0.225 e. The second-order valence-corrected chi connectivity index (χ2v) is 9.19. The minimum absolute atomic E-state index is 0.0633. The zero-order valence-corrected chi connectivity index (χ0v) is 19.4. The maximum atomic E-state index is 12.3. The zero-order chi connectivity index (χ0) is 22.5. The average molecular weight is 452 g/mol. The van der Waals surface area contributed by atoms with Crippen LogP contribution >= 0.6 is 11.6 Å². The molecule has 0 saturated heterocycles. The van der Waals surface area contributed by atoms with Gasteiger partial charge >= 0.3 is 0 Å². The Balaban J connectivity index is 1.27. The van der Waals surface area contributed by atoms with Crippen molar-refractivity contribution in [3.05, 3.63) is 59.1 Å². The van der Waals surface area contributed by atoms with E-state index in [1.165, 1.54) is 0 Å². The van der Waals surface area contributed by atoms with Crippen LogP contribution in [0.25, 0.3) is 10.9 Å². The third-order valence-electron chi connectivity index (χ3n) is 6.05. The summed E-state index contributed by atoms with van der Waals surface area (Å²) in [5.41, 5.74) is 1.93. The van der Waals surface area contributed by atoms with E-state index >= 15 is 0 Å². The molecule has 2 N–H and O–H groups in total. The lowest BCUT2D eigenvalue weighted by molar-refractivity contribution is -0.120. The van der Waals surface area contributed by atoms with Gasteiger partial charge in [0, 0.05) is 37.1 Å². The van der Waals surface area contributed by atoms with E-state index in [-0.39, 0.29) is 5.91 Å². The largest absolute Gasteiger partial charge is 0.362 e. The average Bonchev–Trinajstić information content (AvgIpc) is 2.79. The van der Waals surface area contributed by atoms with E-state index in [9.17, 15) is 4.79 Å². The van der Waals surface area contributed by atoms with Gasteiger partial charge < -0.3 is 15.5 Å². The highest BCUT2D eigenvalue weighted by atomic mass is 35.5. The number of halogens is 1. The van der Waals surface area contributed by atoms with Crippen molar-refractivity contribution in [1.82, 2.24) is 15.3 Å². The number of fused-ring (bicyclic) bond motifs is 1. The third kappa shape index (κ3) is 5.68. The van der Waals surface area contributed by atoms with Crippen molar-refractivity contribution in [1.29, 1.82) is 0 Å². The molecule has 3 aromatic rings. The molecule has 6 nitrogen and oxygen atoms in total. The van der Waals surface area contributed by atoms with Crippen LogP contribution in [-0.4, -0.2) is 42.6 Å². The summed E-state index contributed by atoms with van der Waals surface area (Å²) in [5, 5.41) is 8.38. The van der Waals surface area contributed by atoms with Crippen molar-refractivity contribution in [2.45, 2.75) is 38.1 Å². The van der Waals surface area contributed by atoms with Crippen molar-refractivity contribution < 1.29 is 4.79 Å². The topological polar surface area (TPSA) is 70.2 Å². The quantitative estimate of drug-likeness (QED) is 0.545. The summed E-state index contributed by atoms with van der Waals surface area (Å²) in [4.78, 5) is 23.8. The van der Waals surface area contributed by atoms with Gasteiger partial charge in [0.1, 0.15) is 5.82 Å². The first-order valence-corrected chi connectivity index (χ1v) is 11.6. The summed E-state index contributed by atoms with van der Waals surface area (Å²) in [6, 6.07) is 15.9. The number of amides is 1. The van der Waals surface area contributed by atoms with Crippen LogP contribution in [0.2, 0.25) is 5.02 Å². The third-order valence-corrected chi connectivity index (χ3v) is 6.30.